The number of carbonyl (C=O) groups is 1. The molecule has 0 aromatic heterocycles. The minimum atomic E-state index is -4.43. The van der Waals surface area contributed by atoms with Gasteiger partial charge in [0.05, 0.1) is 11.7 Å². The molecule has 5 nitrogen and oxygen atoms in total. The minimum absolute atomic E-state index is 0.124. The normalized spacial score (nSPS) is 31.5. The molecule has 2 aliphatic carbocycles. The third-order valence-corrected chi connectivity index (χ3v) is 8.00. The third-order valence-electron chi connectivity index (χ3n) is 8.00. The van der Waals surface area contributed by atoms with Gasteiger partial charge in [-0.05, 0) is 54.7 Å². The average Bonchev–Trinajstić information content (AvgIpc) is 3.23. The Kier molecular flexibility index (Phi) is 5.15. The van der Waals surface area contributed by atoms with Crippen molar-refractivity contribution in [3.8, 4) is 0 Å². The summed E-state index contributed by atoms with van der Waals surface area (Å²) in [6.45, 7) is 8.00. The van der Waals surface area contributed by atoms with Crippen LogP contribution in [0.15, 0.2) is 29.4 Å². The number of halogens is 3. The molecule has 1 amide bonds. The molecule has 3 fully saturated rings. The molecule has 170 valence electrons. The highest BCUT2D eigenvalue weighted by molar-refractivity contribution is 5.88. The van der Waals surface area contributed by atoms with Crippen LogP contribution in [-0.4, -0.2) is 33.6 Å². The monoisotopic (exact) mass is 438 g/mol. The number of rotatable bonds is 5. The number of nitrogens with zero attached hydrogens (tertiary/aromatic N) is 2. The van der Waals surface area contributed by atoms with E-state index in [4.69, 9.17) is 9.84 Å². The summed E-state index contributed by atoms with van der Waals surface area (Å²) in [5.74, 6) is -0.00441. The van der Waals surface area contributed by atoms with Crippen molar-refractivity contribution in [1.82, 2.24) is 5.01 Å². The zero-order valence-corrected chi connectivity index (χ0v) is 18.2. The number of carbonyl (C=O) groups excluding carboxylic acids is 1. The lowest BCUT2D eigenvalue weighted by atomic mass is 9.75. The molecule has 1 heterocycles. The number of hydrogen-bond donors (Lipinski definition) is 1. The van der Waals surface area contributed by atoms with Gasteiger partial charge in [0, 0.05) is 11.6 Å². The second kappa shape index (κ2) is 7.22. The van der Waals surface area contributed by atoms with Crippen LogP contribution in [0, 0.1) is 17.3 Å². The number of aliphatic hydroxyl groups is 1. The Morgan fingerprint density at radius 3 is 2.52 bits per heavy atom. The number of hydrogen-bond acceptors (Lipinski definition) is 4. The van der Waals surface area contributed by atoms with Crippen LogP contribution in [0.1, 0.15) is 70.6 Å². The Labute approximate surface area is 180 Å². The Morgan fingerprint density at radius 1 is 1.32 bits per heavy atom. The molecule has 2 bridgehead atoms. The van der Waals surface area contributed by atoms with Crippen LogP contribution in [0.25, 0.3) is 0 Å². The third kappa shape index (κ3) is 3.17. The second-order valence-corrected chi connectivity index (χ2v) is 9.60. The number of hydrazone groups is 1. The molecule has 0 radical (unpaired) electrons. The number of ether oxygens (including phenoxy) is 1. The Bertz CT molecular complexity index is 896. The fourth-order valence-corrected chi connectivity index (χ4v) is 5.95. The highest BCUT2D eigenvalue weighted by Gasteiger charge is 2.73. The van der Waals surface area contributed by atoms with Gasteiger partial charge in [0.2, 0.25) is 0 Å². The van der Waals surface area contributed by atoms with Crippen molar-refractivity contribution in [2.45, 2.75) is 77.3 Å². The highest BCUT2D eigenvalue weighted by Crippen LogP contribution is 2.66. The van der Waals surface area contributed by atoms with E-state index in [0.29, 0.717) is 23.6 Å². The number of amides is 1. The summed E-state index contributed by atoms with van der Waals surface area (Å²) in [6.07, 6.45) is -2.91. The van der Waals surface area contributed by atoms with Crippen LogP contribution < -0.4 is 0 Å². The van der Waals surface area contributed by atoms with Crippen molar-refractivity contribution in [2.75, 3.05) is 0 Å². The van der Waals surface area contributed by atoms with Gasteiger partial charge >= 0.3 is 12.3 Å². The number of alkyl halides is 3. The average molecular weight is 438 g/mol. The molecule has 3 unspecified atom stereocenters. The van der Waals surface area contributed by atoms with Crippen LogP contribution in [0.3, 0.4) is 0 Å². The molecule has 1 aromatic carbocycles. The largest absolute Gasteiger partial charge is 0.442 e. The summed E-state index contributed by atoms with van der Waals surface area (Å²) in [6, 6.07) is 4.51. The van der Waals surface area contributed by atoms with Crippen molar-refractivity contribution >= 4 is 11.8 Å². The van der Waals surface area contributed by atoms with Crippen LogP contribution in [0.2, 0.25) is 0 Å². The van der Waals surface area contributed by atoms with Crippen molar-refractivity contribution in [1.29, 1.82) is 0 Å². The number of benzene rings is 1. The lowest BCUT2D eigenvalue weighted by Crippen LogP contribution is -2.53. The SMILES string of the molecule is CC/C(=N\N1C(=O)OC2CC3CCC21C3(C)C)[C@@H](C)[C@@H](O)c1ccc(C(F)(F)F)cc1. The molecule has 31 heavy (non-hydrogen) atoms. The van der Waals surface area contributed by atoms with E-state index in [1.807, 2.05) is 6.92 Å². The number of aliphatic hydroxyl groups excluding tert-OH is 1. The van der Waals surface area contributed by atoms with E-state index in [1.165, 1.54) is 17.1 Å². The van der Waals surface area contributed by atoms with Crippen molar-refractivity contribution in [2.24, 2.45) is 22.4 Å². The second-order valence-electron chi connectivity index (χ2n) is 9.60. The van der Waals surface area contributed by atoms with E-state index in [-0.39, 0.29) is 11.5 Å². The first-order chi connectivity index (χ1) is 14.4. The molecule has 1 aromatic rings. The summed E-state index contributed by atoms with van der Waals surface area (Å²) in [5, 5.41) is 17.1. The molecule has 4 rings (SSSR count). The molecule has 5 atom stereocenters. The van der Waals surface area contributed by atoms with Crippen molar-refractivity contribution in [3.63, 3.8) is 0 Å². The predicted octanol–water partition coefficient (Wildman–Crippen LogP) is 5.54. The van der Waals surface area contributed by atoms with Gasteiger partial charge in [-0.15, -0.1) is 0 Å². The summed E-state index contributed by atoms with van der Waals surface area (Å²) in [7, 11) is 0. The van der Waals surface area contributed by atoms with Crippen molar-refractivity contribution < 1.29 is 27.8 Å². The van der Waals surface area contributed by atoms with Gasteiger partial charge in [0.15, 0.2) is 0 Å². The topological polar surface area (TPSA) is 62.1 Å². The van der Waals surface area contributed by atoms with Crippen LogP contribution in [0.4, 0.5) is 18.0 Å². The van der Waals surface area contributed by atoms with Gasteiger partial charge in [0.1, 0.15) is 11.6 Å². The van der Waals surface area contributed by atoms with Gasteiger partial charge in [0.25, 0.3) is 0 Å². The predicted molar refractivity (Wildman–Crippen MR) is 109 cm³/mol. The smallest absolute Gasteiger partial charge is 0.431 e. The molecule has 8 heteroatoms. The van der Waals surface area contributed by atoms with E-state index in [1.54, 1.807) is 6.92 Å². The first kappa shape index (κ1) is 22.1. The molecule has 2 saturated carbocycles. The van der Waals surface area contributed by atoms with Crippen LogP contribution in [0.5, 0.6) is 0 Å². The summed E-state index contributed by atoms with van der Waals surface area (Å²) >= 11 is 0. The molecule has 1 saturated heterocycles. The van der Waals surface area contributed by atoms with E-state index >= 15 is 0 Å². The summed E-state index contributed by atoms with van der Waals surface area (Å²) in [5.41, 5.74) is -0.366. The van der Waals surface area contributed by atoms with E-state index in [9.17, 15) is 23.1 Å². The maximum atomic E-state index is 12.8. The van der Waals surface area contributed by atoms with E-state index in [2.05, 4.69) is 13.8 Å². The number of fused-ring (bicyclic) bond motifs is 1. The summed E-state index contributed by atoms with van der Waals surface area (Å²) in [4.78, 5) is 12.7. The molecule has 3 aliphatic rings. The van der Waals surface area contributed by atoms with Crippen LogP contribution >= 0.6 is 0 Å². The molecular formula is C23H29F3N2O3. The Balaban J connectivity index is 1.61. The molecular weight excluding hydrogens is 409 g/mol. The minimum Gasteiger partial charge on any atom is -0.442 e. The molecule has 1 aliphatic heterocycles. The van der Waals surface area contributed by atoms with Gasteiger partial charge < -0.3 is 9.84 Å². The first-order valence-corrected chi connectivity index (χ1v) is 10.9. The van der Waals surface area contributed by atoms with Crippen molar-refractivity contribution in [3.05, 3.63) is 35.4 Å². The Morgan fingerprint density at radius 2 is 1.97 bits per heavy atom. The lowest BCUT2D eigenvalue weighted by Gasteiger charge is -2.40. The fourth-order valence-electron chi connectivity index (χ4n) is 5.95. The standard InChI is InChI=1S/C23H29F3N2O3/c1-5-17(13(2)19(29)14-6-8-15(9-7-14)23(24,25)26)27-28-20(30)31-18-12-16-10-11-22(18,28)21(16,3)4/h6-9,13,16,18-19,29H,5,10-12H2,1-4H3/b27-17+/t13-,16?,18?,19-,22?/m1/s1. The van der Waals surface area contributed by atoms with Gasteiger partial charge in [-0.1, -0.05) is 39.8 Å². The lowest BCUT2D eigenvalue weighted by molar-refractivity contribution is -0.137. The Hall–Kier alpha value is -2.09. The van der Waals surface area contributed by atoms with E-state index in [0.717, 1.165) is 31.4 Å². The molecule has 1 N–H and O–H groups in total. The van der Waals surface area contributed by atoms with Crippen LogP contribution in [-0.2, 0) is 10.9 Å². The zero-order valence-electron chi connectivity index (χ0n) is 18.2. The highest BCUT2D eigenvalue weighted by atomic mass is 19.4. The van der Waals surface area contributed by atoms with Gasteiger partial charge in [-0.2, -0.15) is 23.3 Å². The first-order valence-electron chi connectivity index (χ1n) is 10.9. The molecule has 1 spiro atoms. The summed E-state index contributed by atoms with van der Waals surface area (Å²) < 4.78 is 44.2. The zero-order chi connectivity index (χ0) is 22.8. The quantitative estimate of drug-likeness (QED) is 0.614. The maximum Gasteiger partial charge on any atom is 0.431 e. The van der Waals surface area contributed by atoms with Gasteiger partial charge in [-0.3, -0.25) is 0 Å². The fraction of sp³-hybridized carbons (Fsp3) is 0.652. The van der Waals surface area contributed by atoms with Gasteiger partial charge in [-0.25, -0.2) is 4.79 Å². The maximum absolute atomic E-state index is 12.8. The van der Waals surface area contributed by atoms with E-state index < -0.39 is 35.4 Å².